The second-order valence-corrected chi connectivity index (χ2v) is 12.5. The van der Waals surface area contributed by atoms with Gasteiger partial charge in [-0.3, -0.25) is 9.48 Å². The number of rotatable bonds is 6. The van der Waals surface area contributed by atoms with Gasteiger partial charge in [0.05, 0.1) is 18.1 Å². The van der Waals surface area contributed by atoms with Gasteiger partial charge < -0.3 is 9.84 Å². The lowest BCUT2D eigenvalue weighted by Gasteiger charge is -2.25. The fourth-order valence-electron chi connectivity index (χ4n) is 5.78. The van der Waals surface area contributed by atoms with Crippen LogP contribution in [0.5, 0.6) is 5.75 Å². The van der Waals surface area contributed by atoms with E-state index >= 15 is 0 Å². The third-order valence-electron chi connectivity index (χ3n) is 7.70. The van der Waals surface area contributed by atoms with Gasteiger partial charge in [-0.05, 0) is 120 Å². The van der Waals surface area contributed by atoms with Crippen LogP contribution in [0.25, 0.3) is 55.1 Å². The number of aromatic nitrogens is 2. The van der Waals surface area contributed by atoms with Crippen molar-refractivity contribution in [2.75, 3.05) is 0 Å². The highest BCUT2D eigenvalue weighted by molar-refractivity contribution is 6.30. The Kier molecular flexibility index (Phi) is 7.23. The minimum Gasteiger partial charge on any atom is -0.487 e. The molecule has 0 amide bonds. The molecule has 216 valence electrons. The quantitative estimate of drug-likeness (QED) is 0.210. The van der Waals surface area contributed by atoms with Crippen molar-refractivity contribution in [3.05, 3.63) is 107 Å². The fourth-order valence-corrected chi connectivity index (χ4v) is 5.95. The minimum atomic E-state index is -0.884. The number of benzene rings is 5. The molecule has 5 aromatic carbocycles. The summed E-state index contributed by atoms with van der Waals surface area (Å²) in [7, 11) is 1.95. The molecule has 43 heavy (non-hydrogen) atoms. The number of carboxylic acid groups (broad SMARTS) is 1. The SMILES string of the molecule is Cc1cc2ccc(-c3cccc(-c4ccc5c(cnn5C)c4)c3)cc2c(-c2ccc(Cl)cc2OC(C)(C)C)c1CC(=O)O. The lowest BCUT2D eigenvalue weighted by atomic mass is 9.86. The van der Waals surface area contributed by atoms with Crippen LogP contribution in [-0.2, 0) is 18.3 Å². The van der Waals surface area contributed by atoms with Crippen molar-refractivity contribution in [3.8, 4) is 39.1 Å². The maximum atomic E-state index is 12.1. The monoisotopic (exact) mass is 588 g/mol. The summed E-state index contributed by atoms with van der Waals surface area (Å²) >= 11 is 6.43. The number of ether oxygens (including phenoxy) is 1. The normalized spacial score (nSPS) is 11.8. The molecule has 0 aliphatic rings. The van der Waals surface area contributed by atoms with Crippen molar-refractivity contribution in [1.29, 1.82) is 0 Å². The highest BCUT2D eigenvalue weighted by Gasteiger charge is 2.22. The molecule has 0 fully saturated rings. The molecule has 0 unspecified atom stereocenters. The number of nitrogens with zero attached hydrogens (tertiary/aromatic N) is 2. The molecule has 0 radical (unpaired) electrons. The first kappa shape index (κ1) is 28.5. The Morgan fingerprint density at radius 3 is 2.30 bits per heavy atom. The first-order valence-corrected chi connectivity index (χ1v) is 14.6. The first-order chi connectivity index (χ1) is 20.5. The molecule has 0 saturated heterocycles. The molecule has 6 heteroatoms. The summed E-state index contributed by atoms with van der Waals surface area (Å²) in [6.45, 7) is 7.93. The van der Waals surface area contributed by atoms with Crippen molar-refractivity contribution in [3.63, 3.8) is 0 Å². The van der Waals surface area contributed by atoms with Crippen molar-refractivity contribution in [1.82, 2.24) is 9.78 Å². The summed E-state index contributed by atoms with van der Waals surface area (Å²) in [6, 6.07) is 28.9. The summed E-state index contributed by atoms with van der Waals surface area (Å²) in [4.78, 5) is 12.1. The van der Waals surface area contributed by atoms with Crippen LogP contribution in [-0.4, -0.2) is 26.5 Å². The first-order valence-electron chi connectivity index (χ1n) is 14.3. The van der Waals surface area contributed by atoms with Crippen molar-refractivity contribution in [2.45, 2.75) is 39.7 Å². The molecular formula is C37H33ClN2O3. The Labute approximate surface area is 256 Å². The van der Waals surface area contributed by atoms with Gasteiger partial charge in [0.2, 0.25) is 0 Å². The van der Waals surface area contributed by atoms with Crippen LogP contribution in [0.2, 0.25) is 5.02 Å². The lowest BCUT2D eigenvalue weighted by molar-refractivity contribution is -0.136. The van der Waals surface area contributed by atoms with Gasteiger partial charge in [-0.15, -0.1) is 0 Å². The van der Waals surface area contributed by atoms with E-state index in [0.717, 1.165) is 66.2 Å². The van der Waals surface area contributed by atoms with Crippen LogP contribution in [0, 0.1) is 6.92 Å². The van der Waals surface area contributed by atoms with Gasteiger partial charge in [0.1, 0.15) is 11.4 Å². The third kappa shape index (κ3) is 5.73. The Hall–Kier alpha value is -4.61. The molecule has 0 saturated carbocycles. The van der Waals surface area contributed by atoms with E-state index in [0.29, 0.717) is 10.8 Å². The van der Waals surface area contributed by atoms with E-state index in [1.54, 1.807) is 0 Å². The fraction of sp³-hybridized carbons (Fsp3) is 0.189. The van der Waals surface area contributed by atoms with E-state index in [4.69, 9.17) is 16.3 Å². The Balaban J connectivity index is 1.55. The third-order valence-corrected chi connectivity index (χ3v) is 7.94. The molecule has 6 aromatic rings. The number of hydrogen-bond acceptors (Lipinski definition) is 3. The van der Waals surface area contributed by atoms with E-state index in [-0.39, 0.29) is 6.42 Å². The topological polar surface area (TPSA) is 64.4 Å². The zero-order valence-electron chi connectivity index (χ0n) is 24.9. The number of hydrogen-bond donors (Lipinski definition) is 1. The Morgan fingerprint density at radius 1 is 0.884 bits per heavy atom. The average molecular weight is 589 g/mol. The molecule has 5 nitrogen and oxygen atoms in total. The number of halogens is 1. The highest BCUT2D eigenvalue weighted by atomic mass is 35.5. The summed E-state index contributed by atoms with van der Waals surface area (Å²) in [5, 5.41) is 17.9. The van der Waals surface area contributed by atoms with Gasteiger partial charge in [-0.2, -0.15) is 5.10 Å². The van der Waals surface area contributed by atoms with Gasteiger partial charge in [-0.1, -0.05) is 54.1 Å². The van der Waals surface area contributed by atoms with E-state index in [2.05, 4.69) is 71.8 Å². The van der Waals surface area contributed by atoms with Crippen LogP contribution in [0.4, 0.5) is 0 Å². The van der Waals surface area contributed by atoms with Crippen molar-refractivity contribution in [2.24, 2.45) is 7.05 Å². The molecule has 1 N–H and O–H groups in total. The summed E-state index contributed by atoms with van der Waals surface area (Å²) < 4.78 is 8.27. The number of carbonyl (C=O) groups is 1. The second kappa shape index (κ2) is 10.9. The van der Waals surface area contributed by atoms with Gasteiger partial charge >= 0.3 is 5.97 Å². The molecule has 1 heterocycles. The zero-order valence-corrected chi connectivity index (χ0v) is 25.7. The van der Waals surface area contributed by atoms with Crippen LogP contribution >= 0.6 is 11.6 Å². The summed E-state index contributed by atoms with van der Waals surface area (Å²) in [6.07, 6.45) is 1.78. The van der Waals surface area contributed by atoms with Gasteiger partial charge in [-0.25, -0.2) is 0 Å². The van der Waals surface area contributed by atoms with Crippen LogP contribution in [0.15, 0.2) is 91.1 Å². The molecule has 6 rings (SSSR count). The lowest BCUT2D eigenvalue weighted by Crippen LogP contribution is -2.23. The smallest absolute Gasteiger partial charge is 0.307 e. The van der Waals surface area contributed by atoms with Gasteiger partial charge in [0, 0.05) is 23.0 Å². The highest BCUT2D eigenvalue weighted by Crippen LogP contribution is 2.43. The van der Waals surface area contributed by atoms with Gasteiger partial charge in [0.15, 0.2) is 0 Å². The maximum absolute atomic E-state index is 12.1. The summed E-state index contributed by atoms with van der Waals surface area (Å²) in [5.41, 5.74) is 8.30. The predicted octanol–water partition coefficient (Wildman–Crippen LogP) is 9.49. The van der Waals surface area contributed by atoms with E-state index < -0.39 is 11.6 Å². The molecular weight excluding hydrogens is 556 g/mol. The van der Waals surface area contributed by atoms with Crippen LogP contribution in [0.3, 0.4) is 0 Å². The number of aryl methyl sites for hydroxylation is 2. The largest absolute Gasteiger partial charge is 0.487 e. The molecule has 0 atom stereocenters. The van der Waals surface area contributed by atoms with Crippen LogP contribution < -0.4 is 4.74 Å². The van der Waals surface area contributed by atoms with Crippen LogP contribution in [0.1, 0.15) is 31.9 Å². The number of aliphatic carboxylic acids is 1. The van der Waals surface area contributed by atoms with E-state index in [1.807, 2.05) is 63.8 Å². The Morgan fingerprint density at radius 2 is 1.58 bits per heavy atom. The van der Waals surface area contributed by atoms with Crippen molar-refractivity contribution >= 4 is 39.2 Å². The van der Waals surface area contributed by atoms with E-state index in [1.165, 1.54) is 0 Å². The molecule has 0 aliphatic carbocycles. The second-order valence-electron chi connectivity index (χ2n) is 12.0. The summed E-state index contributed by atoms with van der Waals surface area (Å²) in [5.74, 6) is -0.262. The molecule has 0 aliphatic heterocycles. The molecule has 0 spiro atoms. The van der Waals surface area contributed by atoms with Crippen molar-refractivity contribution < 1.29 is 14.6 Å². The van der Waals surface area contributed by atoms with Gasteiger partial charge in [0.25, 0.3) is 0 Å². The number of fused-ring (bicyclic) bond motifs is 2. The zero-order chi connectivity index (χ0) is 30.5. The minimum absolute atomic E-state index is 0.106. The predicted molar refractivity (Wildman–Crippen MR) is 176 cm³/mol. The molecule has 0 bridgehead atoms. The maximum Gasteiger partial charge on any atom is 0.307 e. The Bertz CT molecular complexity index is 2030. The average Bonchev–Trinajstić information content (AvgIpc) is 3.32. The standard InChI is InChI=1S/C37H33ClN2O3/c1-22-15-27-10-9-26(24-8-6-7-23(16-24)25-11-14-33-28(17-25)21-39-40(33)5)18-32(27)36(31(22)20-35(41)42)30-13-12-29(38)19-34(30)43-37(2,3)4/h6-19,21H,20H2,1-5H3,(H,41,42). The molecule has 1 aromatic heterocycles. The number of carboxylic acids is 1. The van der Waals surface area contributed by atoms with E-state index in [9.17, 15) is 9.90 Å².